The number of rotatable bonds is 2. The second-order valence-electron chi connectivity index (χ2n) is 5.25. The van der Waals surface area contributed by atoms with Crippen molar-refractivity contribution >= 4 is 17.7 Å². The first-order chi connectivity index (χ1) is 9.11. The molecule has 0 saturated heterocycles. The zero-order chi connectivity index (χ0) is 13.6. The smallest absolute Gasteiger partial charge is 0.142 e. The van der Waals surface area contributed by atoms with Crippen LogP contribution in [0.15, 0.2) is 6.08 Å². The number of hydrogen-bond acceptors (Lipinski definition) is 3. The summed E-state index contributed by atoms with van der Waals surface area (Å²) in [6.07, 6.45) is 6.01. The van der Waals surface area contributed by atoms with E-state index >= 15 is 0 Å². The first kappa shape index (κ1) is 12.8. The van der Waals surface area contributed by atoms with E-state index < -0.39 is 0 Å². The van der Waals surface area contributed by atoms with Crippen LogP contribution in [-0.4, -0.2) is 18.8 Å². The van der Waals surface area contributed by atoms with Crippen LogP contribution in [0.3, 0.4) is 0 Å². The van der Waals surface area contributed by atoms with E-state index in [4.69, 9.17) is 26.8 Å². The molecule has 0 radical (unpaired) electrons. The van der Waals surface area contributed by atoms with Crippen LogP contribution in [0.2, 0.25) is 5.02 Å². The minimum absolute atomic E-state index is 0.164. The maximum absolute atomic E-state index is 6.48. The largest absolute Gasteiger partial charge is 0.489 e. The van der Waals surface area contributed by atoms with Gasteiger partial charge in [0.2, 0.25) is 0 Å². The highest BCUT2D eigenvalue weighted by molar-refractivity contribution is 6.33. The van der Waals surface area contributed by atoms with E-state index in [1.54, 1.807) is 0 Å². The summed E-state index contributed by atoms with van der Waals surface area (Å²) in [5, 5.41) is 0.726. The average molecular weight is 280 g/mol. The molecule has 2 unspecified atom stereocenters. The zero-order valence-corrected chi connectivity index (χ0v) is 12.0. The Labute approximate surface area is 118 Å². The lowest BCUT2D eigenvalue weighted by molar-refractivity contribution is 0.253. The summed E-state index contributed by atoms with van der Waals surface area (Å²) in [5.41, 5.74) is 8.87. The molecule has 2 aliphatic heterocycles. The lowest BCUT2D eigenvalue weighted by Gasteiger charge is -2.12. The van der Waals surface area contributed by atoms with Crippen LogP contribution in [-0.2, 0) is 12.8 Å². The van der Waals surface area contributed by atoms with Gasteiger partial charge >= 0.3 is 0 Å². The third kappa shape index (κ3) is 2.01. The van der Waals surface area contributed by atoms with E-state index in [-0.39, 0.29) is 12.2 Å². The molecule has 0 spiro atoms. The van der Waals surface area contributed by atoms with Gasteiger partial charge in [0.1, 0.15) is 23.7 Å². The monoisotopic (exact) mass is 279 g/mol. The second-order valence-corrected chi connectivity index (χ2v) is 5.62. The van der Waals surface area contributed by atoms with Crippen molar-refractivity contribution in [3.63, 3.8) is 0 Å². The predicted molar refractivity (Wildman–Crippen MR) is 77.1 cm³/mol. The summed E-state index contributed by atoms with van der Waals surface area (Å²) in [5.74, 6) is 1.75. The molecule has 19 heavy (non-hydrogen) atoms. The Morgan fingerprint density at radius 3 is 2.47 bits per heavy atom. The number of benzene rings is 1. The van der Waals surface area contributed by atoms with Gasteiger partial charge in [-0.1, -0.05) is 23.8 Å². The Balaban J connectivity index is 2.20. The summed E-state index contributed by atoms with van der Waals surface area (Å²) >= 11 is 6.48. The SMILES string of the molecule is CC1Cc2c(/C=C/CN)c3c(c(Cl)c2O1)CC(C)O3. The summed E-state index contributed by atoms with van der Waals surface area (Å²) in [4.78, 5) is 0. The van der Waals surface area contributed by atoms with Crippen molar-refractivity contribution in [1.82, 2.24) is 0 Å². The van der Waals surface area contributed by atoms with E-state index in [1.165, 1.54) is 0 Å². The maximum Gasteiger partial charge on any atom is 0.142 e. The van der Waals surface area contributed by atoms with Gasteiger partial charge in [0, 0.05) is 36.1 Å². The molecule has 2 N–H and O–H groups in total. The molecule has 0 aromatic heterocycles. The third-order valence-corrected chi connectivity index (χ3v) is 4.02. The van der Waals surface area contributed by atoms with Crippen LogP contribution >= 0.6 is 11.6 Å². The Kier molecular flexibility index (Phi) is 3.19. The first-order valence-corrected chi connectivity index (χ1v) is 7.06. The van der Waals surface area contributed by atoms with E-state index in [0.717, 1.165) is 46.1 Å². The van der Waals surface area contributed by atoms with Gasteiger partial charge in [0.05, 0.1) is 5.02 Å². The van der Waals surface area contributed by atoms with Gasteiger partial charge in [0.15, 0.2) is 0 Å². The third-order valence-electron chi connectivity index (χ3n) is 3.62. The second kappa shape index (κ2) is 4.73. The van der Waals surface area contributed by atoms with E-state index in [0.29, 0.717) is 6.54 Å². The number of ether oxygens (including phenoxy) is 2. The highest BCUT2D eigenvalue weighted by Gasteiger charge is 2.34. The average Bonchev–Trinajstić information content (AvgIpc) is 2.93. The molecule has 4 heteroatoms. The van der Waals surface area contributed by atoms with Crippen molar-refractivity contribution < 1.29 is 9.47 Å². The normalized spacial score (nSPS) is 24.2. The molecular formula is C15H18ClNO2. The van der Waals surface area contributed by atoms with Gasteiger partial charge in [-0.2, -0.15) is 0 Å². The molecule has 3 rings (SSSR count). The van der Waals surface area contributed by atoms with Crippen molar-refractivity contribution in [1.29, 1.82) is 0 Å². The maximum atomic E-state index is 6.48. The molecule has 2 aliphatic rings. The zero-order valence-electron chi connectivity index (χ0n) is 11.2. The van der Waals surface area contributed by atoms with Crippen molar-refractivity contribution in [2.24, 2.45) is 5.73 Å². The fourth-order valence-electron chi connectivity index (χ4n) is 2.86. The molecule has 1 aromatic rings. The molecular weight excluding hydrogens is 262 g/mol. The minimum Gasteiger partial charge on any atom is -0.489 e. The quantitative estimate of drug-likeness (QED) is 0.905. The van der Waals surface area contributed by atoms with Crippen molar-refractivity contribution in [2.75, 3.05) is 6.54 Å². The molecule has 1 aromatic carbocycles. The highest BCUT2D eigenvalue weighted by Crippen LogP contribution is 2.49. The number of nitrogens with two attached hydrogens (primary N) is 1. The fraction of sp³-hybridized carbons (Fsp3) is 0.467. The molecule has 102 valence electrons. The van der Waals surface area contributed by atoms with Crippen molar-refractivity contribution in [3.05, 3.63) is 27.8 Å². The molecule has 0 saturated carbocycles. The molecule has 0 bridgehead atoms. The summed E-state index contributed by atoms with van der Waals surface area (Å²) < 4.78 is 11.8. The van der Waals surface area contributed by atoms with E-state index in [1.807, 2.05) is 12.2 Å². The summed E-state index contributed by atoms with van der Waals surface area (Å²) in [6, 6.07) is 0. The van der Waals surface area contributed by atoms with Crippen molar-refractivity contribution in [2.45, 2.75) is 38.9 Å². The topological polar surface area (TPSA) is 44.5 Å². The molecule has 0 aliphatic carbocycles. The molecule has 2 atom stereocenters. The van der Waals surface area contributed by atoms with Gasteiger partial charge < -0.3 is 15.2 Å². The molecule has 0 fully saturated rings. The van der Waals surface area contributed by atoms with Crippen molar-refractivity contribution in [3.8, 4) is 11.5 Å². The standard InChI is InChI=1S/C15H18ClNO2/c1-8-6-11-10(4-3-5-17)14-12(7-9(2)18-14)13(16)15(11)19-8/h3-4,8-9H,5-7,17H2,1-2H3/b4-3+. The van der Waals surface area contributed by atoms with E-state index in [2.05, 4.69) is 13.8 Å². The Morgan fingerprint density at radius 1 is 1.16 bits per heavy atom. The fourth-order valence-corrected chi connectivity index (χ4v) is 3.18. The van der Waals surface area contributed by atoms with Gasteiger partial charge in [-0.3, -0.25) is 0 Å². The van der Waals surface area contributed by atoms with Gasteiger partial charge in [0.25, 0.3) is 0 Å². The van der Waals surface area contributed by atoms with Crippen LogP contribution in [0.5, 0.6) is 11.5 Å². The Bertz CT molecular complexity index is 515. The van der Waals surface area contributed by atoms with Crippen LogP contribution in [0.4, 0.5) is 0 Å². The Morgan fingerprint density at radius 2 is 1.79 bits per heavy atom. The lowest BCUT2D eigenvalue weighted by Crippen LogP contribution is -2.07. The summed E-state index contributed by atoms with van der Waals surface area (Å²) in [6.45, 7) is 4.63. The number of hydrogen-bond donors (Lipinski definition) is 1. The van der Waals surface area contributed by atoms with Gasteiger partial charge in [-0.25, -0.2) is 0 Å². The first-order valence-electron chi connectivity index (χ1n) is 6.69. The molecule has 2 heterocycles. The Hall–Kier alpha value is -1.19. The molecule has 0 amide bonds. The lowest BCUT2D eigenvalue weighted by atomic mass is 9.97. The van der Waals surface area contributed by atoms with Crippen LogP contribution in [0, 0.1) is 0 Å². The van der Waals surface area contributed by atoms with Crippen LogP contribution in [0.1, 0.15) is 30.5 Å². The minimum atomic E-state index is 0.164. The van der Waals surface area contributed by atoms with Crippen LogP contribution in [0.25, 0.3) is 6.08 Å². The van der Waals surface area contributed by atoms with Gasteiger partial charge in [-0.05, 0) is 13.8 Å². The van der Waals surface area contributed by atoms with Crippen LogP contribution < -0.4 is 15.2 Å². The van der Waals surface area contributed by atoms with E-state index in [9.17, 15) is 0 Å². The summed E-state index contributed by atoms with van der Waals surface area (Å²) in [7, 11) is 0. The highest BCUT2D eigenvalue weighted by atomic mass is 35.5. The number of halogens is 1. The predicted octanol–water partition coefficient (Wildman–Crippen LogP) is 2.96. The number of fused-ring (bicyclic) bond motifs is 2. The molecule has 3 nitrogen and oxygen atoms in total. The van der Waals surface area contributed by atoms with Gasteiger partial charge in [-0.15, -0.1) is 0 Å².